The van der Waals surface area contributed by atoms with Crippen LogP contribution in [0.5, 0.6) is 0 Å². The van der Waals surface area contributed by atoms with E-state index in [0.29, 0.717) is 19.0 Å². The minimum Gasteiger partial charge on any atom is -0.330 e. The third-order valence-electron chi connectivity index (χ3n) is 7.44. The maximum absolute atomic E-state index is 5.32. The summed E-state index contributed by atoms with van der Waals surface area (Å²) in [5.41, 5.74) is 31.8. The lowest BCUT2D eigenvalue weighted by Crippen LogP contribution is -2.23. The van der Waals surface area contributed by atoms with Gasteiger partial charge < -0.3 is 55.7 Å². The molecule has 0 spiro atoms. The average molecular weight is 944 g/mol. The lowest BCUT2D eigenvalue weighted by Gasteiger charge is -2.03. The Morgan fingerprint density at radius 1 is 0.310 bits per heavy atom. The van der Waals surface area contributed by atoms with Crippen LogP contribution in [-0.4, -0.2) is 146 Å². The van der Waals surface area contributed by atoms with Crippen molar-refractivity contribution in [3.63, 3.8) is 0 Å². The Hall–Kier alpha value is 0.901. The van der Waals surface area contributed by atoms with Crippen LogP contribution in [-0.2, 0) is 0 Å². The molecule has 0 aliphatic carbocycles. The van der Waals surface area contributed by atoms with Gasteiger partial charge in [0.15, 0.2) is 0 Å². The first-order chi connectivity index (χ1) is 24.9. The van der Waals surface area contributed by atoms with Gasteiger partial charge in [0.1, 0.15) is 0 Å². The van der Waals surface area contributed by atoms with Crippen molar-refractivity contribution in [3.05, 3.63) is 0 Å². The van der Waals surface area contributed by atoms with E-state index in [4.69, 9.17) is 34.4 Å². The third kappa shape index (κ3) is 146. The second-order valence-electron chi connectivity index (χ2n) is 15.3. The molecule has 16 N–H and O–H groups in total. The van der Waals surface area contributed by atoms with Crippen molar-refractivity contribution in [2.24, 2.45) is 34.4 Å². The van der Waals surface area contributed by atoms with E-state index in [9.17, 15) is 0 Å². The van der Waals surface area contributed by atoms with Crippen LogP contribution < -0.4 is 55.7 Å². The van der Waals surface area contributed by atoms with E-state index in [1.165, 1.54) is 74.8 Å². The van der Waals surface area contributed by atoms with Crippen LogP contribution in [0.15, 0.2) is 0 Å². The van der Waals surface area contributed by atoms with Crippen LogP contribution in [0, 0.1) is 0 Å². The first-order valence-corrected chi connectivity index (χ1v) is 39.3. The molecule has 0 unspecified atom stereocenters. The van der Waals surface area contributed by atoms with Gasteiger partial charge in [0, 0.05) is 107 Å². The smallest absolute Gasteiger partial charge is 0.0306 e. The number of nitrogens with one attached hydrogen (secondary N) is 4. The van der Waals surface area contributed by atoms with Crippen molar-refractivity contribution >= 4 is 54.2 Å². The zero-order chi connectivity index (χ0) is 40.9. The molecule has 0 saturated carbocycles. The molecule has 16 heteroatoms. The molecule has 0 aliphatic heterocycles. The Labute approximate surface area is 384 Å². The molecular weight excluding hydrogens is 813 g/mol. The Kier molecular flexibility index (Phi) is 144. The lowest BCUT2D eigenvalue weighted by atomic mass is 10.5. The van der Waals surface area contributed by atoms with Crippen molar-refractivity contribution in [1.29, 1.82) is 0 Å². The molecule has 0 aliphatic rings. The Balaban J connectivity index is -0.0000000431. The van der Waals surface area contributed by atoms with Gasteiger partial charge >= 0.3 is 0 Å². The van der Waals surface area contributed by atoms with Gasteiger partial charge in [0.05, 0.1) is 0 Å². The van der Waals surface area contributed by atoms with Crippen molar-refractivity contribution < 1.29 is 0 Å². The SMILES string of the molecule is C.C.C.C.C.C.C[SiH2]CCCNCCN.C[SiH2]CCCNCCN.C[SiH](C)CCCN.C[SiH](C)CCCN.C[SiH](C)CCCNCCN.C[SiH](C)CCCNCCN. The van der Waals surface area contributed by atoms with Crippen LogP contribution in [0.3, 0.4) is 0 Å². The number of hydrogen-bond donors (Lipinski definition) is 10. The molecular formula is C42H130N10Si6. The summed E-state index contributed by atoms with van der Waals surface area (Å²) in [6.07, 6.45) is 7.85. The molecule has 0 fully saturated rings. The predicted molar refractivity (Wildman–Crippen MR) is 307 cm³/mol. The molecule has 0 rings (SSSR count). The van der Waals surface area contributed by atoms with Gasteiger partial charge in [-0.15, -0.1) is 0 Å². The van der Waals surface area contributed by atoms with Crippen molar-refractivity contribution in [2.75, 3.05) is 91.6 Å². The highest BCUT2D eigenvalue weighted by atomic mass is 28.3. The minimum atomic E-state index is -0.293. The largest absolute Gasteiger partial charge is 0.330 e. The van der Waals surface area contributed by atoms with E-state index in [0.717, 1.165) is 91.6 Å². The minimum absolute atomic E-state index is 0. The highest BCUT2D eigenvalue weighted by Gasteiger charge is 1.95. The molecule has 0 amide bonds. The van der Waals surface area contributed by atoms with Gasteiger partial charge in [-0.25, -0.2) is 0 Å². The summed E-state index contributed by atoms with van der Waals surface area (Å²) in [5, 5.41) is 13.1. The Morgan fingerprint density at radius 3 is 0.672 bits per heavy atom. The van der Waals surface area contributed by atoms with Crippen LogP contribution in [0.25, 0.3) is 0 Å². The molecule has 58 heavy (non-hydrogen) atoms. The van der Waals surface area contributed by atoms with Gasteiger partial charge in [-0.2, -0.15) is 0 Å². The molecule has 0 aromatic rings. The number of rotatable bonds is 30. The molecule has 0 bridgehead atoms. The quantitative estimate of drug-likeness (QED) is 0.0328. The van der Waals surface area contributed by atoms with Crippen molar-refractivity contribution in [1.82, 2.24) is 21.3 Å². The molecule has 372 valence electrons. The molecule has 0 aromatic carbocycles. The first-order valence-electron chi connectivity index (χ1n) is 21.9. The lowest BCUT2D eigenvalue weighted by molar-refractivity contribution is 0.676. The fraction of sp³-hybridized carbons (Fsp3) is 1.00. The maximum Gasteiger partial charge on any atom is 0.0306 e. The number of nitrogens with two attached hydrogens (primary N) is 6. The second kappa shape index (κ2) is 93.0. The highest BCUT2D eigenvalue weighted by Crippen LogP contribution is 1.95. The van der Waals surface area contributed by atoms with Gasteiger partial charge in [-0.1, -0.05) is 146 Å². The van der Waals surface area contributed by atoms with Gasteiger partial charge in [-0.3, -0.25) is 0 Å². The summed E-state index contributed by atoms with van der Waals surface area (Å²) < 4.78 is 0. The van der Waals surface area contributed by atoms with E-state index in [1.807, 2.05) is 0 Å². The zero-order valence-electron chi connectivity index (χ0n) is 37.6. The zero-order valence-corrected chi connectivity index (χ0v) is 45.0. The summed E-state index contributed by atoms with van der Waals surface area (Å²) in [6, 6.07) is 8.68. The summed E-state index contributed by atoms with van der Waals surface area (Å²) in [4.78, 5) is 0. The molecule has 0 atom stereocenters. The van der Waals surface area contributed by atoms with E-state index in [1.54, 1.807) is 0 Å². The standard InChI is InChI=1S/2C7H20N2Si.2C6H18N2Si.2C5H15NSi.6CH4/c2*1-10(2)7-3-5-9-6-4-8;2*1-9-6-2-4-8-5-3-7;2*1-7(2)5-3-4-6;;;;;;/h2*9-10H,3-8H2,1-2H3;2*8H,2-7,9H2,1H3;2*7H,3-6H2,1-2H3;6*1H4. The van der Waals surface area contributed by atoms with Crippen LogP contribution in [0.1, 0.15) is 83.1 Å². The second-order valence-corrected chi connectivity index (χ2v) is 32.2. The number of hydrogen-bond acceptors (Lipinski definition) is 10. The van der Waals surface area contributed by atoms with Crippen LogP contribution in [0.2, 0.25) is 102 Å². The summed E-state index contributed by atoms with van der Waals surface area (Å²) in [6.45, 7) is 37.1. The fourth-order valence-electron chi connectivity index (χ4n) is 4.23. The fourth-order valence-corrected chi connectivity index (χ4v) is 9.88. The summed E-state index contributed by atoms with van der Waals surface area (Å²) >= 11 is 0. The van der Waals surface area contributed by atoms with Crippen LogP contribution >= 0.6 is 0 Å². The summed E-state index contributed by atoms with van der Waals surface area (Å²) in [5.74, 6) is 0. The van der Waals surface area contributed by atoms with E-state index >= 15 is 0 Å². The van der Waals surface area contributed by atoms with Crippen molar-refractivity contribution in [3.8, 4) is 0 Å². The Bertz CT molecular complexity index is 481. The molecule has 10 nitrogen and oxygen atoms in total. The highest BCUT2D eigenvalue weighted by molar-refractivity contribution is 6.56. The molecule has 0 aromatic heterocycles. The average Bonchev–Trinajstić information content (AvgIpc) is 3.11. The van der Waals surface area contributed by atoms with E-state index < -0.39 is 0 Å². The third-order valence-corrected chi connectivity index (χ3v) is 16.1. The predicted octanol–water partition coefficient (Wildman–Crippen LogP) is 5.40. The van der Waals surface area contributed by atoms with E-state index in [2.05, 4.69) is 86.7 Å². The van der Waals surface area contributed by atoms with Gasteiger partial charge in [0.2, 0.25) is 0 Å². The first kappa shape index (κ1) is 89.8. The van der Waals surface area contributed by atoms with Crippen LogP contribution in [0.4, 0.5) is 0 Å². The molecule has 0 radical (unpaired) electrons. The topological polar surface area (TPSA) is 204 Å². The monoisotopic (exact) mass is 943 g/mol. The molecule has 0 heterocycles. The Morgan fingerprint density at radius 2 is 0.517 bits per heavy atom. The van der Waals surface area contributed by atoms with Gasteiger partial charge in [0.25, 0.3) is 0 Å². The van der Waals surface area contributed by atoms with Crippen molar-refractivity contribution in [2.45, 2.75) is 185 Å². The van der Waals surface area contributed by atoms with E-state index in [-0.39, 0.29) is 79.7 Å². The molecule has 0 saturated heterocycles. The maximum atomic E-state index is 5.32. The van der Waals surface area contributed by atoms with Gasteiger partial charge in [-0.05, 0) is 77.8 Å². The summed E-state index contributed by atoms with van der Waals surface area (Å²) in [7, 11) is -0.506. The normalized spacial score (nSPS) is 9.72.